The molecule has 0 N–H and O–H groups in total. The zero-order valence-electron chi connectivity index (χ0n) is 7.92. The van der Waals surface area contributed by atoms with Crippen LogP contribution in [0.3, 0.4) is 0 Å². The molecule has 0 radical (unpaired) electrons. The molecule has 1 unspecified atom stereocenters. The molecule has 0 aromatic heterocycles. The van der Waals surface area contributed by atoms with Gasteiger partial charge in [0.05, 0.1) is 6.00 Å². The predicted octanol–water partition coefficient (Wildman–Crippen LogP) is 2.47. The molecule has 0 heterocycles. The van der Waals surface area contributed by atoms with Crippen molar-refractivity contribution in [3.8, 4) is 0 Å². The van der Waals surface area contributed by atoms with Crippen molar-refractivity contribution in [3.05, 3.63) is 0 Å². The van der Waals surface area contributed by atoms with Gasteiger partial charge in [0, 0.05) is 6.54 Å². The van der Waals surface area contributed by atoms with Gasteiger partial charge in [-0.15, -0.1) is 11.6 Å². The Kier molecular flexibility index (Phi) is 7.26. The van der Waals surface area contributed by atoms with Crippen LogP contribution >= 0.6 is 11.6 Å². The van der Waals surface area contributed by atoms with E-state index in [1.54, 1.807) is 4.90 Å². The maximum absolute atomic E-state index is 10.4. The van der Waals surface area contributed by atoms with Crippen LogP contribution in [0.2, 0.25) is 0 Å². The number of amides is 1. The molecule has 1 amide bonds. The molecule has 0 aromatic carbocycles. The van der Waals surface area contributed by atoms with Gasteiger partial charge in [0.2, 0.25) is 6.41 Å². The van der Waals surface area contributed by atoms with Crippen molar-refractivity contribution in [1.82, 2.24) is 4.90 Å². The second-order valence-corrected chi connectivity index (χ2v) is 3.30. The third-order valence-corrected chi connectivity index (χ3v) is 2.38. The molecular formula is C9H18ClNO. The molecule has 2 nitrogen and oxygen atoms in total. The number of carbonyl (C=O) groups is 1. The van der Waals surface area contributed by atoms with Crippen LogP contribution in [0.1, 0.15) is 33.1 Å². The van der Waals surface area contributed by atoms with E-state index in [9.17, 15) is 4.79 Å². The normalized spacial score (nSPS) is 12.6. The lowest BCUT2D eigenvalue weighted by atomic mass is 10.0. The second kappa shape index (κ2) is 7.41. The van der Waals surface area contributed by atoms with Crippen LogP contribution in [0, 0.1) is 5.92 Å². The third-order valence-electron chi connectivity index (χ3n) is 2.07. The molecule has 0 aliphatic carbocycles. The average Bonchev–Trinajstić information content (AvgIpc) is 2.12. The minimum absolute atomic E-state index is 0.309. The fourth-order valence-electron chi connectivity index (χ4n) is 1.28. The fourth-order valence-corrected chi connectivity index (χ4v) is 1.44. The Morgan fingerprint density at radius 1 is 1.50 bits per heavy atom. The number of hydrogen-bond donors (Lipinski definition) is 0. The van der Waals surface area contributed by atoms with Crippen LogP contribution in [0.15, 0.2) is 0 Å². The minimum Gasteiger partial charge on any atom is -0.331 e. The number of rotatable bonds is 7. The molecule has 0 spiro atoms. The molecule has 0 saturated heterocycles. The van der Waals surface area contributed by atoms with Gasteiger partial charge >= 0.3 is 0 Å². The van der Waals surface area contributed by atoms with Gasteiger partial charge in [0.1, 0.15) is 0 Å². The van der Waals surface area contributed by atoms with E-state index in [-0.39, 0.29) is 0 Å². The molecule has 72 valence electrons. The van der Waals surface area contributed by atoms with Crippen molar-refractivity contribution in [1.29, 1.82) is 0 Å². The van der Waals surface area contributed by atoms with Gasteiger partial charge in [-0.25, -0.2) is 0 Å². The Bertz CT molecular complexity index is 119. The summed E-state index contributed by atoms with van der Waals surface area (Å²) in [4.78, 5) is 12.0. The first kappa shape index (κ1) is 11.8. The van der Waals surface area contributed by atoms with Crippen LogP contribution < -0.4 is 0 Å². The first-order valence-electron chi connectivity index (χ1n) is 4.53. The second-order valence-electron chi connectivity index (χ2n) is 3.06. The molecule has 3 heteroatoms. The fraction of sp³-hybridized carbons (Fsp3) is 0.889. The summed E-state index contributed by atoms with van der Waals surface area (Å²) in [5.41, 5.74) is 0. The standard InChI is InChI=1S/C9H18ClNO/c1-3-5-9(4-2)6-11(7-10)8-12/h8-9H,3-7H2,1-2H3. The van der Waals surface area contributed by atoms with E-state index in [1.807, 2.05) is 0 Å². The number of nitrogens with zero attached hydrogens (tertiary/aromatic N) is 1. The maximum atomic E-state index is 10.4. The number of alkyl halides is 1. The highest BCUT2D eigenvalue weighted by atomic mass is 35.5. The van der Waals surface area contributed by atoms with E-state index in [2.05, 4.69) is 13.8 Å². The minimum atomic E-state index is 0.309. The largest absolute Gasteiger partial charge is 0.331 e. The SMILES string of the molecule is CCCC(CC)CN(C=O)CCl. The van der Waals surface area contributed by atoms with Crippen LogP contribution in [0.5, 0.6) is 0 Å². The highest BCUT2D eigenvalue weighted by molar-refractivity contribution is 6.18. The van der Waals surface area contributed by atoms with Crippen molar-refractivity contribution >= 4 is 18.0 Å². The smallest absolute Gasteiger partial charge is 0.210 e. The van der Waals surface area contributed by atoms with Crippen LogP contribution in [0.4, 0.5) is 0 Å². The lowest BCUT2D eigenvalue weighted by molar-refractivity contribution is -0.117. The lowest BCUT2D eigenvalue weighted by Gasteiger charge is -2.20. The molecule has 12 heavy (non-hydrogen) atoms. The van der Waals surface area contributed by atoms with Crippen LogP contribution in [-0.2, 0) is 4.79 Å². The summed E-state index contributed by atoms with van der Waals surface area (Å²) in [6.07, 6.45) is 4.30. The monoisotopic (exact) mass is 191 g/mol. The summed E-state index contributed by atoms with van der Waals surface area (Å²) in [6, 6.07) is 0.309. The zero-order valence-corrected chi connectivity index (χ0v) is 8.68. The summed E-state index contributed by atoms with van der Waals surface area (Å²) in [5, 5.41) is 0. The summed E-state index contributed by atoms with van der Waals surface area (Å²) in [6.45, 7) is 5.11. The third kappa shape index (κ3) is 4.60. The molecule has 0 aliphatic heterocycles. The Morgan fingerprint density at radius 3 is 2.50 bits per heavy atom. The van der Waals surface area contributed by atoms with Gasteiger partial charge in [0.15, 0.2) is 0 Å². The molecule has 0 fully saturated rings. The highest BCUT2D eigenvalue weighted by Crippen LogP contribution is 2.11. The Morgan fingerprint density at radius 2 is 2.17 bits per heavy atom. The number of carbonyl (C=O) groups excluding carboxylic acids is 1. The molecular weight excluding hydrogens is 174 g/mol. The summed E-state index contributed by atoms with van der Waals surface area (Å²) >= 11 is 5.56. The summed E-state index contributed by atoms with van der Waals surface area (Å²) < 4.78 is 0. The van der Waals surface area contributed by atoms with E-state index in [0.717, 1.165) is 19.4 Å². The topological polar surface area (TPSA) is 20.3 Å². The van der Waals surface area contributed by atoms with Crippen LogP contribution in [0.25, 0.3) is 0 Å². The van der Waals surface area contributed by atoms with Gasteiger partial charge in [0.25, 0.3) is 0 Å². The first-order valence-corrected chi connectivity index (χ1v) is 5.07. The maximum Gasteiger partial charge on any atom is 0.210 e. The molecule has 0 rings (SSSR count). The quantitative estimate of drug-likeness (QED) is 0.344. The number of hydrogen-bond acceptors (Lipinski definition) is 1. The van der Waals surface area contributed by atoms with Gasteiger partial charge in [-0.05, 0) is 12.3 Å². The van der Waals surface area contributed by atoms with E-state index < -0.39 is 0 Å². The average molecular weight is 192 g/mol. The van der Waals surface area contributed by atoms with Crippen molar-refractivity contribution in [3.63, 3.8) is 0 Å². The van der Waals surface area contributed by atoms with Gasteiger partial charge < -0.3 is 4.90 Å². The molecule has 0 saturated carbocycles. The summed E-state index contributed by atoms with van der Waals surface area (Å²) in [5.74, 6) is 0.610. The zero-order chi connectivity index (χ0) is 9.40. The van der Waals surface area contributed by atoms with Crippen molar-refractivity contribution in [2.75, 3.05) is 12.5 Å². The summed E-state index contributed by atoms with van der Waals surface area (Å²) in [7, 11) is 0. The van der Waals surface area contributed by atoms with E-state index >= 15 is 0 Å². The van der Waals surface area contributed by atoms with Crippen molar-refractivity contribution in [2.24, 2.45) is 5.92 Å². The van der Waals surface area contributed by atoms with Crippen LogP contribution in [-0.4, -0.2) is 23.9 Å². The van der Waals surface area contributed by atoms with Crippen molar-refractivity contribution in [2.45, 2.75) is 33.1 Å². The number of halogens is 1. The van der Waals surface area contributed by atoms with Gasteiger partial charge in [-0.1, -0.05) is 26.7 Å². The Balaban J connectivity index is 3.73. The van der Waals surface area contributed by atoms with E-state index in [4.69, 9.17) is 11.6 Å². The molecule has 0 aromatic rings. The van der Waals surface area contributed by atoms with E-state index in [0.29, 0.717) is 11.9 Å². The first-order chi connectivity index (χ1) is 5.78. The molecule has 0 bridgehead atoms. The van der Waals surface area contributed by atoms with E-state index in [1.165, 1.54) is 12.8 Å². The lowest BCUT2D eigenvalue weighted by Crippen LogP contribution is -2.26. The Hall–Kier alpha value is -0.240. The van der Waals surface area contributed by atoms with Crippen molar-refractivity contribution < 1.29 is 4.79 Å². The van der Waals surface area contributed by atoms with Gasteiger partial charge in [-0.2, -0.15) is 0 Å². The molecule has 0 aliphatic rings. The predicted molar refractivity (Wildman–Crippen MR) is 52.2 cm³/mol. The Labute approximate surface area is 79.9 Å². The van der Waals surface area contributed by atoms with Gasteiger partial charge in [-0.3, -0.25) is 4.79 Å². The highest BCUT2D eigenvalue weighted by Gasteiger charge is 2.08. The molecule has 1 atom stereocenters.